The van der Waals surface area contributed by atoms with Crippen LogP contribution in [0.5, 0.6) is 0 Å². The summed E-state index contributed by atoms with van der Waals surface area (Å²) in [7, 11) is 0. The van der Waals surface area contributed by atoms with E-state index in [-0.39, 0.29) is 5.82 Å². The Morgan fingerprint density at radius 1 is 1.30 bits per heavy atom. The maximum atomic E-state index is 14.5. The van der Waals surface area contributed by atoms with Crippen molar-refractivity contribution in [3.8, 4) is 11.1 Å². The van der Waals surface area contributed by atoms with Gasteiger partial charge in [-0.05, 0) is 24.1 Å². The molecular formula is C22H25FN4O3. The summed E-state index contributed by atoms with van der Waals surface area (Å²) in [5.41, 5.74) is 7.34. The Morgan fingerprint density at radius 2 is 2.07 bits per heavy atom. The first kappa shape index (κ1) is 21.6. The van der Waals surface area contributed by atoms with Crippen LogP contribution < -0.4 is 11.1 Å². The van der Waals surface area contributed by atoms with Crippen LogP contribution in [0.2, 0.25) is 0 Å². The molecule has 0 saturated carbocycles. The molecule has 0 spiro atoms. The topological polar surface area (TPSA) is 97.6 Å². The van der Waals surface area contributed by atoms with Crippen LogP contribution in [0, 0.1) is 5.82 Å². The summed E-state index contributed by atoms with van der Waals surface area (Å²) in [6, 6.07) is 8.43. The molecule has 1 aliphatic rings. The van der Waals surface area contributed by atoms with Crippen molar-refractivity contribution in [1.29, 1.82) is 0 Å². The molecule has 1 fully saturated rings. The minimum Gasteiger partial charge on any atom is -0.379 e. The van der Waals surface area contributed by atoms with Gasteiger partial charge in [-0.1, -0.05) is 30.3 Å². The van der Waals surface area contributed by atoms with Crippen molar-refractivity contribution in [2.75, 3.05) is 38.2 Å². The maximum Gasteiger partial charge on any atom is 0.249 e. The number of ether oxygens (including phenoxy) is 1. The van der Waals surface area contributed by atoms with Crippen LogP contribution in [-0.2, 0) is 14.3 Å². The molecule has 1 atom stereocenters. The van der Waals surface area contributed by atoms with Gasteiger partial charge in [-0.3, -0.25) is 14.5 Å². The molecule has 158 valence electrons. The number of carbonyl (C=O) groups excluding carboxylic acids is 2. The summed E-state index contributed by atoms with van der Waals surface area (Å²) < 4.78 is 19.8. The lowest BCUT2D eigenvalue weighted by atomic mass is 9.96. The Morgan fingerprint density at radius 3 is 2.77 bits per heavy atom. The number of rotatable bonds is 7. The zero-order chi connectivity index (χ0) is 21.5. The third kappa shape index (κ3) is 5.71. The van der Waals surface area contributed by atoms with Crippen molar-refractivity contribution in [1.82, 2.24) is 9.88 Å². The normalized spacial score (nSPS) is 15.8. The summed E-state index contributed by atoms with van der Waals surface area (Å²) >= 11 is 0. The molecule has 7 nitrogen and oxygen atoms in total. The average molecular weight is 412 g/mol. The highest BCUT2D eigenvalue weighted by molar-refractivity contribution is 5.98. The fraction of sp³-hybridized carbons (Fsp3) is 0.318. The maximum absolute atomic E-state index is 14.5. The van der Waals surface area contributed by atoms with Gasteiger partial charge in [-0.25, -0.2) is 9.37 Å². The standard InChI is InChI=1S/C22H25FN4O3/c1-15(21(24)29)16-4-2-5-17(12-16)18-13-19(23)22(25-14-18)26-20(28)6-3-7-27-8-10-30-11-9-27/h2-6,12-15H,7-11H2,1H3,(H2,24,29)(H,25,26,28)/b6-3+. The van der Waals surface area contributed by atoms with E-state index in [0.717, 1.165) is 18.7 Å². The van der Waals surface area contributed by atoms with Crippen LogP contribution in [0.15, 0.2) is 48.7 Å². The predicted octanol–water partition coefficient (Wildman–Crippen LogP) is 2.30. The quantitative estimate of drug-likeness (QED) is 0.680. The van der Waals surface area contributed by atoms with Crippen molar-refractivity contribution >= 4 is 17.6 Å². The largest absolute Gasteiger partial charge is 0.379 e. The number of nitrogens with zero attached hydrogens (tertiary/aromatic N) is 2. The molecule has 0 radical (unpaired) electrons. The van der Waals surface area contributed by atoms with Gasteiger partial charge in [-0.15, -0.1) is 0 Å². The van der Waals surface area contributed by atoms with Crippen LogP contribution in [0.3, 0.4) is 0 Å². The Labute approximate surface area is 174 Å². The third-order valence-electron chi connectivity index (χ3n) is 4.97. The molecule has 1 unspecified atom stereocenters. The highest BCUT2D eigenvalue weighted by atomic mass is 19.1. The lowest BCUT2D eigenvalue weighted by molar-refractivity contribution is -0.119. The van der Waals surface area contributed by atoms with Crippen molar-refractivity contribution in [2.24, 2.45) is 5.73 Å². The second-order valence-corrected chi connectivity index (χ2v) is 7.11. The zero-order valence-corrected chi connectivity index (χ0v) is 16.8. The predicted molar refractivity (Wildman–Crippen MR) is 112 cm³/mol. The van der Waals surface area contributed by atoms with Crippen LogP contribution in [0.4, 0.5) is 10.2 Å². The van der Waals surface area contributed by atoms with Crippen LogP contribution in [0.25, 0.3) is 11.1 Å². The number of halogens is 1. The molecule has 30 heavy (non-hydrogen) atoms. The van der Waals surface area contributed by atoms with E-state index in [9.17, 15) is 14.0 Å². The molecule has 2 aromatic rings. The minimum atomic E-state index is -0.643. The van der Waals surface area contributed by atoms with Crippen LogP contribution >= 0.6 is 0 Å². The first-order chi connectivity index (χ1) is 14.4. The van der Waals surface area contributed by atoms with Gasteiger partial charge in [0.2, 0.25) is 11.8 Å². The van der Waals surface area contributed by atoms with Gasteiger partial charge in [0.15, 0.2) is 11.6 Å². The van der Waals surface area contributed by atoms with Gasteiger partial charge in [0.05, 0.1) is 19.1 Å². The fourth-order valence-corrected chi connectivity index (χ4v) is 3.09. The second-order valence-electron chi connectivity index (χ2n) is 7.11. The SMILES string of the molecule is CC(C(N)=O)c1cccc(-c2cnc(NC(=O)/C=C/CN3CCOCC3)c(F)c2)c1. The fourth-order valence-electron chi connectivity index (χ4n) is 3.09. The number of nitrogens with one attached hydrogen (secondary N) is 1. The molecular weight excluding hydrogens is 387 g/mol. The van der Waals surface area contributed by atoms with Crippen LogP contribution in [-0.4, -0.2) is 54.5 Å². The molecule has 1 aliphatic heterocycles. The molecule has 1 aromatic carbocycles. The van der Waals surface area contributed by atoms with E-state index >= 15 is 0 Å². The number of hydrogen-bond acceptors (Lipinski definition) is 5. The molecule has 8 heteroatoms. The molecule has 3 rings (SSSR count). The third-order valence-corrected chi connectivity index (χ3v) is 4.97. The van der Waals surface area contributed by atoms with Crippen molar-refractivity contribution in [2.45, 2.75) is 12.8 Å². The monoisotopic (exact) mass is 412 g/mol. The summed E-state index contributed by atoms with van der Waals surface area (Å²) in [6.07, 6.45) is 4.59. The number of carbonyl (C=O) groups is 2. The Hall–Kier alpha value is -3.10. The first-order valence-electron chi connectivity index (χ1n) is 9.77. The smallest absolute Gasteiger partial charge is 0.249 e. The summed E-state index contributed by atoms with van der Waals surface area (Å²) in [5, 5.41) is 2.45. The number of nitrogens with two attached hydrogens (primary N) is 1. The molecule has 0 aliphatic carbocycles. The Balaban J connectivity index is 1.64. The second kappa shape index (κ2) is 10.1. The van der Waals surface area contributed by atoms with Gasteiger partial charge >= 0.3 is 0 Å². The van der Waals surface area contributed by atoms with Crippen molar-refractivity contribution < 1.29 is 18.7 Å². The summed E-state index contributed by atoms with van der Waals surface area (Å²) in [5.74, 6) is -2.11. The van der Waals surface area contributed by atoms with E-state index in [1.54, 1.807) is 37.3 Å². The number of primary amides is 1. The van der Waals surface area contributed by atoms with Gasteiger partial charge in [0.1, 0.15) is 0 Å². The van der Waals surface area contributed by atoms with Gasteiger partial charge in [0, 0.05) is 37.5 Å². The lowest BCUT2D eigenvalue weighted by Gasteiger charge is -2.24. The number of benzene rings is 1. The summed E-state index contributed by atoms with van der Waals surface area (Å²) in [4.78, 5) is 29.7. The van der Waals surface area contributed by atoms with E-state index in [1.165, 1.54) is 18.3 Å². The Bertz CT molecular complexity index is 942. The molecule has 1 aromatic heterocycles. The Kier molecular flexibility index (Phi) is 7.26. The van der Waals surface area contributed by atoms with Gasteiger partial charge < -0.3 is 15.8 Å². The zero-order valence-electron chi connectivity index (χ0n) is 16.8. The lowest BCUT2D eigenvalue weighted by Crippen LogP contribution is -2.36. The minimum absolute atomic E-state index is 0.138. The van der Waals surface area contributed by atoms with Crippen LogP contribution in [0.1, 0.15) is 18.4 Å². The van der Waals surface area contributed by atoms with E-state index in [4.69, 9.17) is 10.5 Å². The van der Waals surface area contributed by atoms with Crippen molar-refractivity contribution in [3.05, 3.63) is 60.1 Å². The molecule has 2 heterocycles. The van der Waals surface area contributed by atoms with Gasteiger partial charge in [-0.2, -0.15) is 0 Å². The molecule has 0 bridgehead atoms. The molecule has 1 saturated heterocycles. The number of anilines is 1. The highest BCUT2D eigenvalue weighted by Gasteiger charge is 2.14. The number of hydrogen-bond donors (Lipinski definition) is 2. The number of pyridine rings is 1. The molecule has 3 N–H and O–H groups in total. The number of aromatic nitrogens is 1. The van der Waals surface area contributed by atoms with E-state index in [0.29, 0.717) is 30.9 Å². The first-order valence-corrected chi connectivity index (χ1v) is 9.77. The van der Waals surface area contributed by atoms with E-state index < -0.39 is 23.5 Å². The average Bonchev–Trinajstić information content (AvgIpc) is 2.75. The number of amides is 2. The van der Waals surface area contributed by atoms with Crippen molar-refractivity contribution in [3.63, 3.8) is 0 Å². The van der Waals surface area contributed by atoms with Gasteiger partial charge in [0.25, 0.3) is 0 Å². The highest BCUT2D eigenvalue weighted by Crippen LogP contribution is 2.25. The summed E-state index contributed by atoms with van der Waals surface area (Å²) in [6.45, 7) is 5.36. The molecule has 2 amide bonds. The number of morpholine rings is 1. The van der Waals surface area contributed by atoms with E-state index in [2.05, 4.69) is 15.2 Å². The van der Waals surface area contributed by atoms with E-state index in [1.807, 2.05) is 0 Å².